The van der Waals surface area contributed by atoms with E-state index in [1.807, 2.05) is 14.1 Å². The van der Waals surface area contributed by atoms with Crippen LogP contribution in [-0.2, 0) is 9.59 Å². The highest BCUT2D eigenvalue weighted by Crippen LogP contribution is 1.74. The van der Waals surface area contributed by atoms with Crippen LogP contribution in [0, 0.1) is 0 Å². The van der Waals surface area contributed by atoms with E-state index in [0.29, 0.717) is 19.5 Å². The zero-order chi connectivity index (χ0) is 8.69. The summed E-state index contributed by atoms with van der Waals surface area (Å²) in [6.07, 6.45) is 1.18. The first-order valence-corrected chi connectivity index (χ1v) is 3.52. The number of likely N-dealkylation sites (N-methyl/N-ethyl adjacent to an activating group) is 1. The van der Waals surface area contributed by atoms with Crippen molar-refractivity contribution in [1.82, 2.24) is 10.2 Å². The molecule has 0 spiro atoms. The van der Waals surface area contributed by atoms with Crippen molar-refractivity contribution in [2.24, 2.45) is 0 Å². The third-order valence-electron chi connectivity index (χ3n) is 1.04. The Balaban J connectivity index is 3.30. The van der Waals surface area contributed by atoms with Crippen molar-refractivity contribution in [2.75, 3.05) is 27.2 Å². The minimum atomic E-state index is -0.0446. The van der Waals surface area contributed by atoms with Gasteiger partial charge in [-0.3, -0.25) is 4.79 Å². The van der Waals surface area contributed by atoms with Crippen LogP contribution in [0.2, 0.25) is 0 Å². The van der Waals surface area contributed by atoms with Gasteiger partial charge in [-0.2, -0.15) is 0 Å². The molecule has 0 atom stereocenters. The molecule has 0 saturated carbocycles. The summed E-state index contributed by atoms with van der Waals surface area (Å²) in [5, 5.41) is 2.60. The Bertz CT molecular complexity index is 134. The lowest BCUT2D eigenvalue weighted by molar-refractivity contribution is -0.121. The van der Waals surface area contributed by atoms with E-state index >= 15 is 0 Å². The number of hydrogen-bond donors (Lipinski definition) is 1. The molecule has 0 aliphatic rings. The van der Waals surface area contributed by atoms with Crippen molar-refractivity contribution in [2.45, 2.75) is 6.42 Å². The van der Waals surface area contributed by atoms with E-state index in [1.165, 1.54) is 0 Å². The summed E-state index contributed by atoms with van der Waals surface area (Å²) >= 11 is 0. The number of carbonyl (C=O) groups is 2. The van der Waals surface area contributed by atoms with Crippen LogP contribution in [0.15, 0.2) is 0 Å². The molecule has 0 saturated heterocycles. The first-order chi connectivity index (χ1) is 5.16. The molecule has 64 valence electrons. The Labute approximate surface area is 66.6 Å². The molecule has 1 amide bonds. The van der Waals surface area contributed by atoms with Crippen molar-refractivity contribution in [3.8, 4) is 0 Å². The third kappa shape index (κ3) is 6.99. The van der Waals surface area contributed by atoms with E-state index < -0.39 is 0 Å². The highest BCUT2D eigenvalue weighted by atomic mass is 16.2. The smallest absolute Gasteiger partial charge is 0.234 e. The number of amides is 1. The highest BCUT2D eigenvalue weighted by Gasteiger charge is 1.99. The maximum atomic E-state index is 10.9. The van der Waals surface area contributed by atoms with Gasteiger partial charge in [0.2, 0.25) is 5.91 Å². The first kappa shape index (κ1) is 10.1. The van der Waals surface area contributed by atoms with Crippen molar-refractivity contribution < 1.29 is 9.59 Å². The van der Waals surface area contributed by atoms with Crippen LogP contribution in [0.1, 0.15) is 6.42 Å². The summed E-state index contributed by atoms with van der Waals surface area (Å²) in [6.45, 7) is 0.815. The Morgan fingerprint density at radius 2 is 2.18 bits per heavy atom. The van der Waals surface area contributed by atoms with Crippen LogP contribution in [-0.4, -0.2) is 44.3 Å². The maximum Gasteiger partial charge on any atom is 0.234 e. The lowest BCUT2D eigenvalue weighted by atomic mass is 10.4. The van der Waals surface area contributed by atoms with E-state index in [2.05, 4.69) is 5.32 Å². The van der Waals surface area contributed by atoms with Crippen molar-refractivity contribution in [3.05, 3.63) is 0 Å². The van der Waals surface area contributed by atoms with Gasteiger partial charge in [-0.15, -0.1) is 0 Å². The Hall–Kier alpha value is -0.900. The highest BCUT2D eigenvalue weighted by molar-refractivity contribution is 5.78. The molecule has 11 heavy (non-hydrogen) atoms. The van der Waals surface area contributed by atoms with Gasteiger partial charge in [-0.25, -0.2) is 0 Å². The predicted octanol–water partition coefficient (Wildman–Crippen LogP) is -0.747. The molecule has 0 aliphatic carbocycles. The Morgan fingerprint density at radius 3 is 2.64 bits per heavy atom. The zero-order valence-electron chi connectivity index (χ0n) is 6.96. The topological polar surface area (TPSA) is 49.4 Å². The van der Waals surface area contributed by atoms with Crippen LogP contribution < -0.4 is 5.32 Å². The van der Waals surface area contributed by atoms with E-state index in [1.54, 1.807) is 4.90 Å². The minimum absolute atomic E-state index is 0.0446. The average molecular weight is 158 g/mol. The number of hydrogen-bond acceptors (Lipinski definition) is 3. The molecular weight excluding hydrogens is 144 g/mol. The van der Waals surface area contributed by atoms with E-state index in [9.17, 15) is 9.59 Å². The molecule has 0 unspecified atom stereocenters. The molecular formula is C7H14N2O2. The molecule has 4 heteroatoms. The number of nitrogens with one attached hydrogen (secondary N) is 1. The molecule has 0 bridgehead atoms. The van der Waals surface area contributed by atoms with Gasteiger partial charge in [0.05, 0.1) is 6.54 Å². The number of nitrogens with zero attached hydrogens (tertiary/aromatic N) is 1. The fraction of sp³-hybridized carbons (Fsp3) is 0.714. The molecule has 0 radical (unpaired) electrons. The van der Waals surface area contributed by atoms with Gasteiger partial charge in [0.15, 0.2) is 0 Å². The Morgan fingerprint density at radius 1 is 1.55 bits per heavy atom. The summed E-state index contributed by atoms with van der Waals surface area (Å²) in [6, 6.07) is 0. The minimum Gasteiger partial charge on any atom is -0.355 e. The first-order valence-electron chi connectivity index (χ1n) is 3.52. The second kappa shape index (κ2) is 5.85. The van der Waals surface area contributed by atoms with E-state index in [4.69, 9.17) is 0 Å². The van der Waals surface area contributed by atoms with E-state index in [0.717, 1.165) is 6.29 Å². The van der Waals surface area contributed by atoms with Crippen LogP contribution in [0.5, 0.6) is 0 Å². The molecule has 4 nitrogen and oxygen atoms in total. The standard InChI is InChI=1S/C7H14N2O2/c1-9(2)6-7(11)8-4-3-5-10/h5H,3-4,6H2,1-2H3,(H,8,11). The van der Waals surface area contributed by atoms with Crippen LogP contribution in [0.25, 0.3) is 0 Å². The quantitative estimate of drug-likeness (QED) is 0.423. The van der Waals surface area contributed by atoms with Gasteiger partial charge in [0, 0.05) is 13.0 Å². The Kier molecular flexibility index (Phi) is 5.37. The second-order valence-corrected chi connectivity index (χ2v) is 2.54. The molecule has 1 N–H and O–H groups in total. The summed E-state index contributed by atoms with van der Waals surface area (Å²) in [4.78, 5) is 22.5. The van der Waals surface area contributed by atoms with Crippen molar-refractivity contribution >= 4 is 12.2 Å². The summed E-state index contributed by atoms with van der Waals surface area (Å²) in [7, 11) is 3.64. The number of rotatable bonds is 5. The lowest BCUT2D eigenvalue weighted by Gasteiger charge is -2.08. The van der Waals surface area contributed by atoms with Gasteiger partial charge in [-0.05, 0) is 14.1 Å². The summed E-state index contributed by atoms with van der Waals surface area (Å²) < 4.78 is 0. The van der Waals surface area contributed by atoms with Gasteiger partial charge in [0.25, 0.3) is 0 Å². The average Bonchev–Trinajstić information content (AvgIpc) is 1.86. The normalized spacial score (nSPS) is 9.73. The SMILES string of the molecule is CN(C)CC(=O)NCCC=O. The second-order valence-electron chi connectivity index (χ2n) is 2.54. The van der Waals surface area contributed by atoms with Crippen LogP contribution >= 0.6 is 0 Å². The summed E-state index contributed by atoms with van der Waals surface area (Å²) in [5.41, 5.74) is 0. The monoisotopic (exact) mass is 158 g/mol. The number of carbonyl (C=O) groups excluding carboxylic acids is 2. The molecule has 0 rings (SSSR count). The zero-order valence-corrected chi connectivity index (χ0v) is 6.96. The van der Waals surface area contributed by atoms with Crippen LogP contribution in [0.4, 0.5) is 0 Å². The molecule has 0 heterocycles. The maximum absolute atomic E-state index is 10.9. The molecule has 0 aromatic carbocycles. The predicted molar refractivity (Wildman–Crippen MR) is 42.2 cm³/mol. The van der Waals surface area contributed by atoms with Gasteiger partial charge >= 0.3 is 0 Å². The van der Waals surface area contributed by atoms with Crippen LogP contribution in [0.3, 0.4) is 0 Å². The van der Waals surface area contributed by atoms with E-state index in [-0.39, 0.29) is 5.91 Å². The lowest BCUT2D eigenvalue weighted by Crippen LogP contribution is -2.33. The molecule has 0 aliphatic heterocycles. The third-order valence-corrected chi connectivity index (χ3v) is 1.04. The molecule has 0 fully saturated rings. The fourth-order valence-corrected chi connectivity index (χ4v) is 0.614. The van der Waals surface area contributed by atoms with Crippen molar-refractivity contribution in [3.63, 3.8) is 0 Å². The molecule has 0 aromatic rings. The number of aldehydes is 1. The summed E-state index contributed by atoms with van der Waals surface area (Å²) in [5.74, 6) is -0.0446. The molecule has 0 aromatic heterocycles. The largest absolute Gasteiger partial charge is 0.355 e. The van der Waals surface area contributed by atoms with Gasteiger partial charge < -0.3 is 15.0 Å². The fourth-order valence-electron chi connectivity index (χ4n) is 0.614. The van der Waals surface area contributed by atoms with Gasteiger partial charge in [-0.1, -0.05) is 0 Å². The van der Waals surface area contributed by atoms with Gasteiger partial charge in [0.1, 0.15) is 6.29 Å². The van der Waals surface area contributed by atoms with Crippen molar-refractivity contribution in [1.29, 1.82) is 0 Å².